The third-order valence-electron chi connectivity index (χ3n) is 4.18. The maximum atomic E-state index is 5.60. The second kappa shape index (κ2) is 6.98. The highest BCUT2D eigenvalue weighted by Gasteiger charge is 2.22. The van der Waals surface area contributed by atoms with Gasteiger partial charge in [0.1, 0.15) is 11.5 Å². The zero-order chi connectivity index (χ0) is 14.5. The number of piperidine rings is 1. The van der Waals surface area contributed by atoms with Crippen molar-refractivity contribution in [3.8, 4) is 11.5 Å². The molecule has 20 heavy (non-hydrogen) atoms. The summed E-state index contributed by atoms with van der Waals surface area (Å²) in [5.74, 6) is 3.12. The summed E-state index contributed by atoms with van der Waals surface area (Å²) in [5.41, 5.74) is 2.63. The van der Waals surface area contributed by atoms with Gasteiger partial charge in [-0.3, -0.25) is 0 Å². The van der Waals surface area contributed by atoms with Gasteiger partial charge in [0.15, 0.2) is 0 Å². The van der Waals surface area contributed by atoms with E-state index in [9.17, 15) is 0 Å². The molecule has 1 aliphatic rings. The molecule has 1 saturated heterocycles. The molecular formula is C17H27NO2. The van der Waals surface area contributed by atoms with E-state index in [0.717, 1.165) is 31.0 Å². The van der Waals surface area contributed by atoms with Crippen molar-refractivity contribution in [3.63, 3.8) is 0 Å². The number of hydrogen-bond donors (Lipinski definition) is 1. The molecular weight excluding hydrogens is 250 g/mol. The van der Waals surface area contributed by atoms with Gasteiger partial charge in [0.2, 0.25) is 0 Å². The summed E-state index contributed by atoms with van der Waals surface area (Å²) < 4.78 is 11.2. The van der Waals surface area contributed by atoms with Crippen molar-refractivity contribution in [3.05, 3.63) is 23.3 Å². The first-order valence-electron chi connectivity index (χ1n) is 7.61. The highest BCUT2D eigenvalue weighted by Crippen LogP contribution is 2.37. The lowest BCUT2D eigenvalue weighted by Gasteiger charge is -2.26. The summed E-state index contributed by atoms with van der Waals surface area (Å²) in [7, 11) is 3.51. The Hall–Kier alpha value is -1.22. The quantitative estimate of drug-likeness (QED) is 0.895. The van der Waals surface area contributed by atoms with Crippen LogP contribution in [0.2, 0.25) is 0 Å². The van der Waals surface area contributed by atoms with Gasteiger partial charge in [0.05, 0.1) is 14.2 Å². The van der Waals surface area contributed by atoms with Gasteiger partial charge in [-0.2, -0.15) is 0 Å². The van der Waals surface area contributed by atoms with Crippen LogP contribution in [0.15, 0.2) is 12.1 Å². The van der Waals surface area contributed by atoms with Crippen molar-refractivity contribution < 1.29 is 9.47 Å². The van der Waals surface area contributed by atoms with Gasteiger partial charge in [-0.25, -0.2) is 0 Å². The molecule has 1 aromatic rings. The molecule has 0 radical (unpaired) electrons. The van der Waals surface area contributed by atoms with Crippen LogP contribution >= 0.6 is 0 Å². The predicted octanol–water partition coefficient (Wildman–Crippen LogP) is 3.37. The lowest BCUT2D eigenvalue weighted by molar-refractivity contribution is 0.358. The first-order chi connectivity index (χ1) is 9.67. The fourth-order valence-electron chi connectivity index (χ4n) is 3.22. The van der Waals surface area contributed by atoms with Crippen LogP contribution in [0.25, 0.3) is 0 Å². The molecule has 1 aliphatic heterocycles. The van der Waals surface area contributed by atoms with Crippen molar-refractivity contribution in [2.24, 2.45) is 5.92 Å². The normalized spacial score (nSPS) is 19.1. The fourth-order valence-corrected chi connectivity index (χ4v) is 3.22. The van der Waals surface area contributed by atoms with Gasteiger partial charge in [0, 0.05) is 11.1 Å². The average molecular weight is 277 g/mol. The van der Waals surface area contributed by atoms with Crippen molar-refractivity contribution in [1.29, 1.82) is 0 Å². The molecule has 112 valence electrons. The van der Waals surface area contributed by atoms with Crippen LogP contribution in [0, 0.1) is 5.92 Å². The zero-order valence-corrected chi connectivity index (χ0v) is 13.2. The number of methoxy groups -OCH3 is 2. The number of rotatable bonds is 5. The molecule has 3 heteroatoms. The molecule has 0 aliphatic carbocycles. The zero-order valence-electron chi connectivity index (χ0n) is 13.2. The molecule has 1 heterocycles. The lowest BCUT2D eigenvalue weighted by Crippen LogP contribution is -2.31. The smallest absolute Gasteiger partial charge is 0.122 e. The van der Waals surface area contributed by atoms with Crippen molar-refractivity contribution >= 4 is 0 Å². The Labute approximate surface area is 122 Å². The Bertz CT molecular complexity index is 437. The number of nitrogens with one attached hydrogen (secondary N) is 1. The Morgan fingerprint density at radius 2 is 1.90 bits per heavy atom. The molecule has 0 spiro atoms. The van der Waals surface area contributed by atoms with E-state index in [-0.39, 0.29) is 0 Å². The molecule has 1 N–H and O–H groups in total. The van der Waals surface area contributed by atoms with Crippen LogP contribution in [-0.4, -0.2) is 27.3 Å². The fraction of sp³-hybridized carbons (Fsp3) is 0.647. The minimum absolute atomic E-state index is 0.437. The van der Waals surface area contributed by atoms with Crippen molar-refractivity contribution in [1.82, 2.24) is 5.32 Å². The maximum absolute atomic E-state index is 5.60. The van der Waals surface area contributed by atoms with Crippen LogP contribution in [-0.2, 0) is 6.42 Å². The number of hydrogen-bond acceptors (Lipinski definition) is 3. The topological polar surface area (TPSA) is 30.5 Å². The van der Waals surface area contributed by atoms with Gasteiger partial charge < -0.3 is 14.8 Å². The highest BCUT2D eigenvalue weighted by molar-refractivity contribution is 5.50. The van der Waals surface area contributed by atoms with Crippen LogP contribution in [0.5, 0.6) is 11.5 Å². The van der Waals surface area contributed by atoms with E-state index in [2.05, 4.69) is 19.2 Å². The Morgan fingerprint density at radius 1 is 1.20 bits per heavy atom. The minimum atomic E-state index is 0.437. The minimum Gasteiger partial charge on any atom is -0.496 e. The molecule has 1 fully saturated rings. The summed E-state index contributed by atoms with van der Waals surface area (Å²) in [6, 6.07) is 4.06. The van der Waals surface area contributed by atoms with Gasteiger partial charge >= 0.3 is 0 Å². The number of benzene rings is 1. The van der Waals surface area contributed by atoms with Gasteiger partial charge in [-0.15, -0.1) is 0 Å². The molecule has 0 bridgehead atoms. The van der Waals surface area contributed by atoms with Gasteiger partial charge in [-0.05, 0) is 56.3 Å². The van der Waals surface area contributed by atoms with Crippen LogP contribution in [0.3, 0.4) is 0 Å². The maximum Gasteiger partial charge on any atom is 0.122 e. The molecule has 0 saturated carbocycles. The van der Waals surface area contributed by atoms with Crippen LogP contribution < -0.4 is 14.8 Å². The predicted molar refractivity (Wildman–Crippen MR) is 82.9 cm³/mol. The summed E-state index contributed by atoms with van der Waals surface area (Å²) in [6.07, 6.45) is 3.64. The highest BCUT2D eigenvalue weighted by atomic mass is 16.5. The summed E-state index contributed by atoms with van der Waals surface area (Å²) in [5, 5.41) is 3.50. The summed E-state index contributed by atoms with van der Waals surface area (Å²) in [4.78, 5) is 0. The molecule has 0 amide bonds. The van der Waals surface area contributed by atoms with Crippen LogP contribution in [0.1, 0.15) is 43.7 Å². The monoisotopic (exact) mass is 277 g/mol. The van der Waals surface area contributed by atoms with Crippen molar-refractivity contribution in [2.75, 3.05) is 27.3 Å². The van der Waals surface area contributed by atoms with Gasteiger partial charge in [-0.1, -0.05) is 13.8 Å². The lowest BCUT2D eigenvalue weighted by atomic mass is 9.86. The average Bonchev–Trinajstić information content (AvgIpc) is 2.47. The first kappa shape index (κ1) is 15.2. The first-order valence-corrected chi connectivity index (χ1v) is 7.61. The molecule has 3 nitrogen and oxygen atoms in total. The molecule has 1 unspecified atom stereocenters. The van der Waals surface area contributed by atoms with Crippen LogP contribution in [0.4, 0.5) is 0 Å². The third kappa shape index (κ3) is 3.26. The van der Waals surface area contributed by atoms with E-state index in [1.54, 1.807) is 14.2 Å². The molecule has 1 atom stereocenters. The van der Waals surface area contributed by atoms with E-state index in [0.29, 0.717) is 11.8 Å². The Morgan fingerprint density at radius 3 is 2.45 bits per heavy atom. The molecule has 2 rings (SSSR count). The Balaban J connectivity index is 2.35. The SMILES string of the molecule is COc1ccc(OC)c(C(C)C)c1CC1CCCNC1. The molecule has 1 aromatic carbocycles. The van der Waals surface area contributed by atoms with E-state index in [1.165, 1.54) is 24.0 Å². The Kier molecular flexibility index (Phi) is 5.30. The second-order valence-electron chi connectivity index (χ2n) is 5.93. The number of ether oxygens (including phenoxy) is 2. The van der Waals surface area contributed by atoms with E-state index >= 15 is 0 Å². The van der Waals surface area contributed by atoms with E-state index in [1.807, 2.05) is 12.1 Å². The largest absolute Gasteiger partial charge is 0.496 e. The van der Waals surface area contributed by atoms with E-state index in [4.69, 9.17) is 9.47 Å². The van der Waals surface area contributed by atoms with Crippen molar-refractivity contribution in [2.45, 2.75) is 39.0 Å². The van der Waals surface area contributed by atoms with Gasteiger partial charge in [0.25, 0.3) is 0 Å². The summed E-state index contributed by atoms with van der Waals surface area (Å²) >= 11 is 0. The standard InChI is InChI=1S/C17H27NO2/c1-12(2)17-14(10-13-6-5-9-18-11-13)15(19-3)7-8-16(17)20-4/h7-8,12-13,18H,5-6,9-11H2,1-4H3. The molecule has 0 aromatic heterocycles. The van der Waals surface area contributed by atoms with E-state index < -0.39 is 0 Å². The summed E-state index contributed by atoms with van der Waals surface area (Å²) in [6.45, 7) is 6.71. The third-order valence-corrected chi connectivity index (χ3v) is 4.18. The second-order valence-corrected chi connectivity index (χ2v) is 5.93.